The van der Waals surface area contributed by atoms with Crippen molar-refractivity contribution < 1.29 is 36.0 Å². The molecule has 0 amide bonds. The van der Waals surface area contributed by atoms with Crippen molar-refractivity contribution in [2.75, 3.05) is 0 Å². The minimum Gasteiger partial charge on any atom is -0.482 e. The van der Waals surface area contributed by atoms with Gasteiger partial charge in [0.05, 0.1) is 16.1 Å². The maximum Gasteiger partial charge on any atom is 0.416 e. The minimum atomic E-state index is -5.06. The van der Waals surface area contributed by atoms with Crippen LogP contribution in [0.4, 0.5) is 32.0 Å². The number of nitro benzene ring substituents is 1. The Morgan fingerprint density at radius 3 is 2.23 bits per heavy atom. The topological polar surface area (TPSA) is 64.4 Å². The molecule has 0 saturated heterocycles. The molecule has 164 valence electrons. The van der Waals surface area contributed by atoms with Crippen LogP contribution in [0.15, 0.2) is 36.4 Å². The Bertz CT molecular complexity index is 910. The van der Waals surface area contributed by atoms with Crippen molar-refractivity contribution in [1.82, 2.24) is 5.32 Å². The van der Waals surface area contributed by atoms with E-state index in [0.29, 0.717) is 24.2 Å². The lowest BCUT2D eigenvalue weighted by Crippen LogP contribution is -2.21. The van der Waals surface area contributed by atoms with Gasteiger partial charge < -0.3 is 10.1 Å². The van der Waals surface area contributed by atoms with E-state index in [1.807, 2.05) is 13.8 Å². The molecular weight excluding hydrogens is 418 g/mol. The third kappa shape index (κ3) is 6.09. The molecule has 0 saturated carbocycles. The molecule has 0 aromatic heterocycles. The van der Waals surface area contributed by atoms with E-state index in [2.05, 4.69) is 5.32 Å². The van der Waals surface area contributed by atoms with Crippen molar-refractivity contribution in [2.24, 2.45) is 0 Å². The maximum absolute atomic E-state index is 13.2. The summed E-state index contributed by atoms with van der Waals surface area (Å²) >= 11 is 0. The number of benzene rings is 2. The van der Waals surface area contributed by atoms with Crippen LogP contribution in [0.25, 0.3) is 0 Å². The van der Waals surface area contributed by atoms with E-state index in [1.54, 1.807) is 0 Å². The van der Waals surface area contributed by atoms with Gasteiger partial charge in [-0.05, 0) is 23.8 Å². The Kier molecular flexibility index (Phi) is 6.96. The van der Waals surface area contributed by atoms with E-state index >= 15 is 0 Å². The van der Waals surface area contributed by atoms with Gasteiger partial charge in [0.2, 0.25) is 0 Å². The first kappa shape index (κ1) is 23.5. The molecule has 0 radical (unpaired) electrons. The molecule has 2 aromatic carbocycles. The van der Waals surface area contributed by atoms with Gasteiger partial charge in [-0.15, -0.1) is 0 Å². The fourth-order valence-corrected chi connectivity index (χ4v) is 2.56. The maximum atomic E-state index is 13.2. The van der Waals surface area contributed by atoms with Gasteiger partial charge in [-0.25, -0.2) is 0 Å². The van der Waals surface area contributed by atoms with Crippen LogP contribution in [0.5, 0.6) is 5.75 Å². The highest BCUT2D eigenvalue weighted by Gasteiger charge is 2.38. The lowest BCUT2D eigenvalue weighted by Gasteiger charge is -2.16. The van der Waals surface area contributed by atoms with Gasteiger partial charge in [-0.1, -0.05) is 26.0 Å². The number of nitro groups is 1. The highest BCUT2D eigenvalue weighted by molar-refractivity contribution is 5.49. The van der Waals surface area contributed by atoms with E-state index in [1.165, 1.54) is 18.2 Å². The number of nitrogens with one attached hydrogen (secondary N) is 1. The van der Waals surface area contributed by atoms with Gasteiger partial charge >= 0.3 is 18.0 Å². The molecule has 1 N–H and O–H groups in total. The Morgan fingerprint density at radius 2 is 1.70 bits per heavy atom. The summed E-state index contributed by atoms with van der Waals surface area (Å²) < 4.78 is 83.1. The van der Waals surface area contributed by atoms with Crippen LogP contribution < -0.4 is 10.1 Å². The molecule has 0 bridgehead atoms. The molecule has 0 heterocycles. The first-order valence-electron chi connectivity index (χ1n) is 8.70. The highest BCUT2D eigenvalue weighted by atomic mass is 19.4. The van der Waals surface area contributed by atoms with Crippen LogP contribution >= 0.6 is 0 Å². The van der Waals surface area contributed by atoms with Gasteiger partial charge in [-0.3, -0.25) is 10.1 Å². The number of hydrogen-bond donors (Lipinski definition) is 1. The number of rotatable bonds is 7. The van der Waals surface area contributed by atoms with Crippen LogP contribution in [0.3, 0.4) is 0 Å². The summed E-state index contributed by atoms with van der Waals surface area (Å²) in [5, 5.41) is 14.4. The molecule has 0 fully saturated rings. The lowest BCUT2D eigenvalue weighted by molar-refractivity contribution is -0.386. The largest absolute Gasteiger partial charge is 0.482 e. The molecule has 0 aliphatic rings. The zero-order valence-corrected chi connectivity index (χ0v) is 15.9. The summed E-state index contributed by atoms with van der Waals surface area (Å²) in [7, 11) is 0. The Balaban J connectivity index is 2.31. The SMILES string of the molecule is CC(C)NCc1ccc(OCc2ccc(C(F)(F)F)cc2C(F)(F)F)c([N+](=O)[O-])c1. The summed E-state index contributed by atoms with van der Waals surface area (Å²) in [5.41, 5.74) is -3.44. The summed E-state index contributed by atoms with van der Waals surface area (Å²) in [6.45, 7) is 3.30. The molecule has 30 heavy (non-hydrogen) atoms. The van der Waals surface area contributed by atoms with Crippen LogP contribution in [0, 0.1) is 10.1 Å². The van der Waals surface area contributed by atoms with E-state index < -0.39 is 46.3 Å². The van der Waals surface area contributed by atoms with Crippen molar-refractivity contribution in [2.45, 2.75) is 45.4 Å². The van der Waals surface area contributed by atoms with E-state index in [0.717, 1.165) is 0 Å². The normalized spacial score (nSPS) is 12.3. The Labute approximate surface area is 167 Å². The van der Waals surface area contributed by atoms with Gasteiger partial charge in [0.15, 0.2) is 5.75 Å². The number of hydrogen-bond acceptors (Lipinski definition) is 4. The quantitative estimate of drug-likeness (QED) is 0.343. The first-order valence-corrected chi connectivity index (χ1v) is 8.70. The van der Waals surface area contributed by atoms with Gasteiger partial charge in [0.25, 0.3) is 0 Å². The summed E-state index contributed by atoms with van der Waals surface area (Å²) in [4.78, 5) is 10.6. The number of nitrogens with zero attached hydrogens (tertiary/aromatic N) is 1. The van der Waals surface area contributed by atoms with E-state index in [9.17, 15) is 36.5 Å². The zero-order valence-electron chi connectivity index (χ0n) is 15.9. The molecule has 0 aliphatic heterocycles. The molecular formula is C19H18F6N2O3. The van der Waals surface area contributed by atoms with Crippen molar-refractivity contribution >= 4 is 5.69 Å². The van der Waals surface area contributed by atoms with Crippen LogP contribution in [-0.4, -0.2) is 11.0 Å². The summed E-state index contributed by atoms with van der Waals surface area (Å²) in [6, 6.07) is 5.25. The Hall–Kier alpha value is -2.82. The van der Waals surface area contributed by atoms with Crippen LogP contribution in [0.1, 0.15) is 36.1 Å². The van der Waals surface area contributed by atoms with Crippen LogP contribution in [-0.2, 0) is 25.5 Å². The van der Waals surface area contributed by atoms with Gasteiger partial charge in [0, 0.05) is 24.2 Å². The second-order valence-electron chi connectivity index (χ2n) is 6.75. The highest BCUT2D eigenvalue weighted by Crippen LogP contribution is 2.38. The first-order chi connectivity index (χ1) is 13.8. The molecule has 0 aliphatic carbocycles. The summed E-state index contributed by atoms with van der Waals surface area (Å²) in [5.74, 6) is -0.290. The second-order valence-corrected chi connectivity index (χ2v) is 6.75. The minimum absolute atomic E-state index is 0.00616. The van der Waals surface area contributed by atoms with Gasteiger partial charge in [0.1, 0.15) is 6.61 Å². The van der Waals surface area contributed by atoms with E-state index in [4.69, 9.17) is 4.74 Å². The third-order valence-corrected chi connectivity index (χ3v) is 4.06. The fourth-order valence-electron chi connectivity index (χ4n) is 2.56. The monoisotopic (exact) mass is 436 g/mol. The molecule has 0 spiro atoms. The average Bonchev–Trinajstić information content (AvgIpc) is 2.63. The Morgan fingerprint density at radius 1 is 1.03 bits per heavy atom. The molecule has 0 unspecified atom stereocenters. The molecule has 2 aromatic rings. The van der Waals surface area contributed by atoms with Crippen molar-refractivity contribution in [3.63, 3.8) is 0 Å². The fraction of sp³-hybridized carbons (Fsp3) is 0.368. The van der Waals surface area contributed by atoms with Gasteiger partial charge in [-0.2, -0.15) is 26.3 Å². The number of halogens is 6. The third-order valence-electron chi connectivity index (χ3n) is 4.06. The predicted molar refractivity (Wildman–Crippen MR) is 95.9 cm³/mol. The van der Waals surface area contributed by atoms with Crippen molar-refractivity contribution in [1.29, 1.82) is 0 Å². The molecule has 0 atom stereocenters. The molecule has 2 rings (SSSR count). The van der Waals surface area contributed by atoms with E-state index in [-0.39, 0.29) is 17.9 Å². The second kappa shape index (κ2) is 8.90. The molecule has 11 heteroatoms. The summed E-state index contributed by atoms with van der Waals surface area (Å²) in [6.07, 6.45) is -10.0. The van der Waals surface area contributed by atoms with Crippen molar-refractivity contribution in [3.05, 3.63) is 68.8 Å². The van der Waals surface area contributed by atoms with Crippen molar-refractivity contribution in [3.8, 4) is 5.75 Å². The van der Waals surface area contributed by atoms with Crippen LogP contribution in [0.2, 0.25) is 0 Å². The zero-order chi connectivity index (χ0) is 22.7. The number of alkyl halides is 6. The number of ether oxygens (including phenoxy) is 1. The lowest BCUT2D eigenvalue weighted by atomic mass is 10.0. The predicted octanol–water partition coefficient (Wildman–Crippen LogP) is 5.71. The standard InChI is InChI=1S/C19H18F6N2O3/c1-11(2)26-9-12-3-6-17(16(7-12)27(28)29)30-10-13-4-5-14(18(20,21)22)8-15(13)19(23,24)25/h3-8,11,26H,9-10H2,1-2H3. The smallest absolute Gasteiger partial charge is 0.416 e. The average molecular weight is 436 g/mol. The molecule has 5 nitrogen and oxygen atoms in total.